The summed E-state index contributed by atoms with van der Waals surface area (Å²) in [4.78, 5) is 50.2. The minimum atomic E-state index is -0.618. The summed E-state index contributed by atoms with van der Waals surface area (Å²) in [6, 6.07) is 0. The molecule has 3 spiro atoms. The van der Waals surface area contributed by atoms with Crippen molar-refractivity contribution >= 4 is 23.7 Å². The van der Waals surface area contributed by atoms with Crippen molar-refractivity contribution in [2.45, 2.75) is 117 Å². The number of fused-ring (bicyclic) bond motifs is 2. The van der Waals surface area contributed by atoms with Crippen molar-refractivity contribution in [2.75, 3.05) is 6.61 Å². The fourth-order valence-electron chi connectivity index (χ4n) is 11.6. The summed E-state index contributed by atoms with van der Waals surface area (Å²) in [5, 5.41) is 0. The summed E-state index contributed by atoms with van der Waals surface area (Å²) in [5.41, 5.74) is 0.364. The molecule has 2 aliphatic heterocycles. The van der Waals surface area contributed by atoms with Crippen molar-refractivity contribution in [3.05, 3.63) is 11.1 Å². The van der Waals surface area contributed by atoms with Gasteiger partial charge >= 0.3 is 17.9 Å². The van der Waals surface area contributed by atoms with E-state index in [4.69, 9.17) is 18.9 Å². The molecule has 0 N–H and O–H groups in total. The Bertz CT molecular complexity index is 1270. The van der Waals surface area contributed by atoms with Crippen LogP contribution in [-0.2, 0) is 38.1 Å². The monoisotopic (exact) mass is 568 g/mol. The molecule has 0 bridgehead atoms. The van der Waals surface area contributed by atoms with Gasteiger partial charge in [-0.25, -0.2) is 4.79 Å². The van der Waals surface area contributed by atoms with E-state index in [1.165, 1.54) is 13.8 Å². The minimum Gasteiger partial charge on any atom is -0.461 e. The molecule has 12 atom stereocenters. The van der Waals surface area contributed by atoms with Crippen LogP contribution in [0.2, 0.25) is 0 Å². The van der Waals surface area contributed by atoms with Crippen molar-refractivity contribution in [2.24, 2.45) is 45.8 Å². The molecule has 0 aromatic heterocycles. The molecular formula is C33H44O8. The van der Waals surface area contributed by atoms with Crippen LogP contribution in [0.25, 0.3) is 0 Å². The van der Waals surface area contributed by atoms with Crippen molar-refractivity contribution in [1.82, 2.24) is 0 Å². The van der Waals surface area contributed by atoms with Gasteiger partial charge in [-0.15, -0.1) is 0 Å². The summed E-state index contributed by atoms with van der Waals surface area (Å²) < 4.78 is 23.6. The first kappa shape index (κ1) is 27.6. The van der Waals surface area contributed by atoms with E-state index in [1.54, 1.807) is 0 Å². The third-order valence-electron chi connectivity index (χ3n) is 13.4. The molecule has 7 aliphatic rings. The fraction of sp³-hybridized carbons (Fsp3) is 0.818. The average Bonchev–Trinajstić information content (AvgIpc) is 3.75. The largest absolute Gasteiger partial charge is 0.461 e. The van der Waals surface area contributed by atoms with Crippen LogP contribution in [0.5, 0.6) is 0 Å². The van der Waals surface area contributed by atoms with Crippen molar-refractivity contribution in [3.8, 4) is 0 Å². The topological polar surface area (TPSA) is 108 Å². The molecule has 2 heterocycles. The summed E-state index contributed by atoms with van der Waals surface area (Å²) in [6.45, 7) is 11.5. The van der Waals surface area contributed by atoms with Gasteiger partial charge in [0.1, 0.15) is 30.2 Å². The van der Waals surface area contributed by atoms with Crippen molar-refractivity contribution in [1.29, 1.82) is 0 Å². The third-order valence-corrected chi connectivity index (χ3v) is 13.4. The van der Waals surface area contributed by atoms with Crippen LogP contribution in [0.15, 0.2) is 11.1 Å². The standard InChI is InChI=1S/C33H44O8/c1-16-11-25(40-29(37)21(16)14-38-19(4)34)18(3)22-7-8-23-24-13-27-33(41-27)28(39-20(5)35)17(2)12-26(36)32(33)15-31(24,32)10-9-30(22,23)6/h17-18,22-25,27-28H,7-15H2,1-6H3. The number of cyclic esters (lactones) is 1. The maximum Gasteiger partial charge on any atom is 0.337 e. The lowest BCUT2D eigenvalue weighted by Gasteiger charge is -2.55. The lowest BCUT2D eigenvalue weighted by Crippen LogP contribution is -2.61. The number of hydrogen-bond donors (Lipinski definition) is 0. The first-order valence-electron chi connectivity index (χ1n) is 15.7. The van der Waals surface area contributed by atoms with Crippen LogP contribution in [0.1, 0.15) is 92.9 Å². The van der Waals surface area contributed by atoms with E-state index >= 15 is 0 Å². The van der Waals surface area contributed by atoms with Crippen molar-refractivity contribution in [3.63, 3.8) is 0 Å². The van der Waals surface area contributed by atoms with E-state index in [9.17, 15) is 19.2 Å². The van der Waals surface area contributed by atoms with Crippen LogP contribution in [-0.4, -0.2) is 54.2 Å². The molecule has 6 fully saturated rings. The van der Waals surface area contributed by atoms with Crippen LogP contribution < -0.4 is 0 Å². The Morgan fingerprint density at radius 3 is 2.51 bits per heavy atom. The second-order valence-corrected chi connectivity index (χ2v) is 15.0. The molecule has 5 aliphatic carbocycles. The number of hydrogen-bond acceptors (Lipinski definition) is 8. The number of ether oxygens (including phenoxy) is 4. The number of carbonyl (C=O) groups is 4. The summed E-state index contributed by atoms with van der Waals surface area (Å²) in [5.74, 6) is 0.808. The van der Waals surface area contributed by atoms with E-state index in [0.717, 1.165) is 44.1 Å². The van der Waals surface area contributed by atoms with Crippen LogP contribution in [0, 0.1) is 45.8 Å². The highest BCUT2D eigenvalue weighted by Gasteiger charge is 2.95. The molecule has 0 radical (unpaired) electrons. The third kappa shape index (κ3) is 3.37. The molecule has 41 heavy (non-hydrogen) atoms. The van der Waals surface area contributed by atoms with E-state index in [0.29, 0.717) is 42.0 Å². The second-order valence-electron chi connectivity index (χ2n) is 15.0. The number of rotatable bonds is 5. The van der Waals surface area contributed by atoms with Crippen molar-refractivity contribution < 1.29 is 38.1 Å². The van der Waals surface area contributed by atoms with Crippen LogP contribution in [0.4, 0.5) is 0 Å². The average molecular weight is 569 g/mol. The second kappa shape index (κ2) is 8.67. The first-order valence-corrected chi connectivity index (χ1v) is 15.7. The van der Waals surface area contributed by atoms with Crippen LogP contribution in [0.3, 0.4) is 0 Å². The van der Waals surface area contributed by atoms with Gasteiger partial charge in [0.15, 0.2) is 0 Å². The molecule has 5 saturated carbocycles. The van der Waals surface area contributed by atoms with Gasteiger partial charge in [-0.2, -0.15) is 0 Å². The number of epoxide rings is 1. The smallest absolute Gasteiger partial charge is 0.337 e. The van der Waals surface area contributed by atoms with Gasteiger partial charge in [-0.1, -0.05) is 26.3 Å². The van der Waals surface area contributed by atoms with Crippen LogP contribution >= 0.6 is 0 Å². The number of Topliss-reactive ketones (excluding diaryl/α,β-unsaturated/α-hetero) is 1. The summed E-state index contributed by atoms with van der Waals surface area (Å²) in [6.07, 6.45) is 6.70. The Kier molecular flexibility index (Phi) is 5.84. The Labute approximate surface area is 242 Å². The fourth-order valence-corrected chi connectivity index (χ4v) is 11.6. The molecule has 12 unspecified atom stereocenters. The summed E-state index contributed by atoms with van der Waals surface area (Å²) in [7, 11) is 0. The maximum absolute atomic E-state index is 13.9. The Balaban J connectivity index is 1.13. The predicted octanol–water partition coefficient (Wildman–Crippen LogP) is 4.72. The molecule has 8 nitrogen and oxygen atoms in total. The van der Waals surface area contributed by atoms with E-state index in [2.05, 4.69) is 13.8 Å². The van der Waals surface area contributed by atoms with E-state index in [1.807, 2.05) is 13.8 Å². The van der Waals surface area contributed by atoms with Gasteiger partial charge < -0.3 is 18.9 Å². The quantitative estimate of drug-likeness (QED) is 0.266. The van der Waals surface area contributed by atoms with Gasteiger partial charge in [0, 0.05) is 32.6 Å². The first-order chi connectivity index (χ1) is 19.3. The minimum absolute atomic E-state index is 0.0132. The molecule has 8 heteroatoms. The summed E-state index contributed by atoms with van der Waals surface area (Å²) >= 11 is 0. The van der Waals surface area contributed by atoms with E-state index < -0.39 is 17.0 Å². The zero-order valence-corrected chi connectivity index (χ0v) is 25.2. The molecule has 0 amide bonds. The van der Waals surface area contributed by atoms with Gasteiger partial charge in [0.2, 0.25) is 0 Å². The molecular weight excluding hydrogens is 524 g/mol. The predicted molar refractivity (Wildman–Crippen MR) is 146 cm³/mol. The highest BCUT2D eigenvalue weighted by Crippen LogP contribution is 2.89. The molecule has 0 aromatic carbocycles. The zero-order chi connectivity index (χ0) is 29.3. The van der Waals surface area contributed by atoms with E-state index in [-0.39, 0.29) is 59.5 Å². The molecule has 224 valence electrons. The Hall–Kier alpha value is -2.22. The zero-order valence-electron chi connectivity index (χ0n) is 25.2. The van der Waals surface area contributed by atoms with Gasteiger partial charge in [0.05, 0.1) is 17.1 Å². The van der Waals surface area contributed by atoms with Gasteiger partial charge in [-0.05, 0) is 80.0 Å². The Morgan fingerprint density at radius 2 is 1.83 bits per heavy atom. The number of esters is 3. The maximum atomic E-state index is 13.9. The van der Waals surface area contributed by atoms with Gasteiger partial charge in [-0.3, -0.25) is 14.4 Å². The highest BCUT2D eigenvalue weighted by molar-refractivity contribution is 5.94. The SMILES string of the molecule is CC(=O)OCC1=C(C)CC(C(C)C2CCC3C4CC5OC56C(OC(C)=O)C(C)CC(=O)C65CC45CCC23C)OC1=O. The normalized spacial score (nSPS) is 49.9. The molecule has 1 saturated heterocycles. The lowest BCUT2D eigenvalue weighted by molar-refractivity contribution is -0.171. The molecule has 0 aromatic rings. The molecule has 7 rings (SSSR count). The number of carbonyl (C=O) groups excluding carboxylic acids is 4. The van der Waals surface area contributed by atoms with Gasteiger partial charge in [0.25, 0.3) is 0 Å². The Morgan fingerprint density at radius 1 is 1.07 bits per heavy atom. The number of ketones is 1. The lowest BCUT2D eigenvalue weighted by atomic mass is 9.48. The highest BCUT2D eigenvalue weighted by atomic mass is 16.7.